The Hall–Kier alpha value is -2.12. The first-order chi connectivity index (χ1) is 7.29. The lowest BCUT2D eigenvalue weighted by Gasteiger charge is -2.05. The number of nitrogens with zero attached hydrogens (tertiary/aromatic N) is 1. The molecule has 0 radical (unpaired) electrons. The Morgan fingerprint density at radius 3 is 2.12 bits per heavy atom. The van der Waals surface area contributed by atoms with Crippen molar-refractivity contribution in [1.82, 2.24) is 0 Å². The first-order valence-electron chi connectivity index (χ1n) is 3.83. The molecule has 0 saturated heterocycles. The maximum Gasteiger partial charge on any atom is 0.346 e. The average molecular weight is 235 g/mol. The molecule has 0 aliphatic heterocycles. The molecule has 1 rings (SSSR count). The number of halogens is 3. The molecule has 0 aliphatic carbocycles. The van der Waals surface area contributed by atoms with Gasteiger partial charge in [0, 0.05) is 5.56 Å². The van der Waals surface area contributed by atoms with E-state index in [1.807, 2.05) is 0 Å². The van der Waals surface area contributed by atoms with Gasteiger partial charge in [-0.25, -0.2) is 13.6 Å². The molecule has 0 fully saturated rings. The number of aromatic carboxylic acids is 1. The molecule has 0 aromatic heterocycles. The van der Waals surface area contributed by atoms with E-state index in [1.165, 1.54) is 0 Å². The molecule has 0 amide bonds. The Labute approximate surface area is 86.3 Å². The zero-order valence-electron chi connectivity index (χ0n) is 7.75. The fourth-order valence-corrected chi connectivity index (χ4v) is 1.13. The number of carboxylic acid groups (broad SMARTS) is 1. The number of nitro groups is 1. The summed E-state index contributed by atoms with van der Waals surface area (Å²) >= 11 is 0. The van der Waals surface area contributed by atoms with Crippen LogP contribution in [0.2, 0.25) is 0 Å². The fraction of sp³-hybridized carbons (Fsp3) is 0.125. The largest absolute Gasteiger partial charge is 0.477 e. The van der Waals surface area contributed by atoms with Crippen LogP contribution in [-0.4, -0.2) is 16.0 Å². The van der Waals surface area contributed by atoms with E-state index >= 15 is 0 Å². The van der Waals surface area contributed by atoms with Gasteiger partial charge >= 0.3 is 11.7 Å². The molecule has 0 atom stereocenters. The molecular weight excluding hydrogens is 231 g/mol. The summed E-state index contributed by atoms with van der Waals surface area (Å²) in [6.45, 7) is 0.770. The van der Waals surface area contributed by atoms with Crippen molar-refractivity contribution in [3.63, 3.8) is 0 Å². The van der Waals surface area contributed by atoms with Gasteiger partial charge in [-0.1, -0.05) is 0 Å². The van der Waals surface area contributed by atoms with Gasteiger partial charge in [-0.2, -0.15) is 4.39 Å². The van der Waals surface area contributed by atoms with E-state index in [9.17, 15) is 28.1 Å². The second kappa shape index (κ2) is 3.80. The molecule has 1 aromatic carbocycles. The average Bonchev–Trinajstić information content (AvgIpc) is 2.18. The van der Waals surface area contributed by atoms with Crippen molar-refractivity contribution in [3.05, 3.63) is 38.7 Å². The summed E-state index contributed by atoms with van der Waals surface area (Å²) in [7, 11) is 0. The third-order valence-electron chi connectivity index (χ3n) is 1.91. The topological polar surface area (TPSA) is 80.4 Å². The molecule has 0 saturated carbocycles. The van der Waals surface area contributed by atoms with Crippen molar-refractivity contribution in [3.8, 4) is 0 Å². The highest BCUT2D eigenvalue weighted by Gasteiger charge is 2.34. The van der Waals surface area contributed by atoms with Crippen LogP contribution >= 0.6 is 0 Å². The van der Waals surface area contributed by atoms with Gasteiger partial charge in [0.05, 0.1) is 4.92 Å². The maximum atomic E-state index is 13.2. The van der Waals surface area contributed by atoms with Gasteiger partial charge in [0.1, 0.15) is 0 Å². The maximum absolute atomic E-state index is 13.2. The molecule has 16 heavy (non-hydrogen) atoms. The minimum atomic E-state index is -2.11. The number of hydrogen-bond acceptors (Lipinski definition) is 3. The van der Waals surface area contributed by atoms with Gasteiger partial charge in [0.2, 0.25) is 5.82 Å². The first kappa shape index (κ1) is 12.0. The molecule has 8 heteroatoms. The fourth-order valence-electron chi connectivity index (χ4n) is 1.13. The Morgan fingerprint density at radius 1 is 1.25 bits per heavy atom. The predicted molar refractivity (Wildman–Crippen MR) is 44.7 cm³/mol. The Kier molecular flexibility index (Phi) is 2.84. The third kappa shape index (κ3) is 1.58. The van der Waals surface area contributed by atoms with Crippen molar-refractivity contribution >= 4 is 11.7 Å². The van der Waals surface area contributed by atoms with Crippen molar-refractivity contribution in [2.45, 2.75) is 6.92 Å². The van der Waals surface area contributed by atoms with Gasteiger partial charge in [-0.15, -0.1) is 0 Å². The van der Waals surface area contributed by atoms with Crippen molar-refractivity contribution in [2.75, 3.05) is 0 Å². The number of rotatable bonds is 2. The van der Waals surface area contributed by atoms with E-state index in [2.05, 4.69) is 0 Å². The van der Waals surface area contributed by atoms with Gasteiger partial charge in [0.15, 0.2) is 17.2 Å². The van der Waals surface area contributed by atoms with E-state index < -0.39 is 45.2 Å². The van der Waals surface area contributed by atoms with Crippen LogP contribution in [0.4, 0.5) is 18.9 Å². The number of hydrogen-bond donors (Lipinski definition) is 1. The summed E-state index contributed by atoms with van der Waals surface area (Å²) < 4.78 is 39.2. The highest BCUT2D eigenvalue weighted by atomic mass is 19.2. The van der Waals surface area contributed by atoms with Crippen molar-refractivity contribution < 1.29 is 28.0 Å². The van der Waals surface area contributed by atoms with Gasteiger partial charge in [-0.05, 0) is 6.92 Å². The van der Waals surface area contributed by atoms with Gasteiger partial charge in [0.25, 0.3) is 0 Å². The van der Waals surface area contributed by atoms with Gasteiger partial charge < -0.3 is 5.11 Å². The van der Waals surface area contributed by atoms with Gasteiger partial charge in [-0.3, -0.25) is 10.1 Å². The lowest BCUT2D eigenvalue weighted by molar-refractivity contribution is -0.388. The molecule has 0 bridgehead atoms. The summed E-state index contributed by atoms with van der Waals surface area (Å²) in [4.78, 5) is 19.5. The van der Waals surface area contributed by atoms with Crippen LogP contribution in [0.3, 0.4) is 0 Å². The quantitative estimate of drug-likeness (QED) is 0.483. The second-order valence-corrected chi connectivity index (χ2v) is 2.85. The second-order valence-electron chi connectivity index (χ2n) is 2.85. The summed E-state index contributed by atoms with van der Waals surface area (Å²) in [6, 6.07) is 0. The number of benzene rings is 1. The molecule has 0 aliphatic rings. The van der Waals surface area contributed by atoms with E-state index in [4.69, 9.17) is 5.11 Å². The molecule has 1 N–H and O–H groups in total. The van der Waals surface area contributed by atoms with E-state index in [0.717, 1.165) is 6.92 Å². The van der Waals surface area contributed by atoms with Crippen molar-refractivity contribution in [2.24, 2.45) is 0 Å². The van der Waals surface area contributed by atoms with Crippen LogP contribution in [0, 0.1) is 34.5 Å². The highest BCUT2D eigenvalue weighted by molar-refractivity contribution is 5.93. The Bertz CT molecular complexity index is 456. The summed E-state index contributed by atoms with van der Waals surface area (Å²) in [5.41, 5.74) is -4.14. The standard InChI is InChI=1S/C8H4F3NO4/c1-2-4(9)6(11)3(8(13)14)7(5(2)10)12(15)16/h1H3,(H,13,14). The van der Waals surface area contributed by atoms with Crippen LogP contribution in [0.1, 0.15) is 15.9 Å². The Morgan fingerprint density at radius 2 is 1.75 bits per heavy atom. The third-order valence-corrected chi connectivity index (χ3v) is 1.91. The molecule has 5 nitrogen and oxygen atoms in total. The molecular formula is C8H4F3NO4. The minimum Gasteiger partial charge on any atom is -0.477 e. The van der Waals surface area contributed by atoms with Crippen LogP contribution in [0.25, 0.3) is 0 Å². The molecule has 86 valence electrons. The normalized spacial score (nSPS) is 10.2. The van der Waals surface area contributed by atoms with Crippen LogP contribution in [0.5, 0.6) is 0 Å². The van der Waals surface area contributed by atoms with Crippen LogP contribution < -0.4 is 0 Å². The van der Waals surface area contributed by atoms with E-state index in [1.54, 1.807) is 0 Å². The minimum absolute atomic E-state index is 0.770. The molecule has 0 spiro atoms. The SMILES string of the molecule is Cc1c(F)c(F)c(C(=O)O)c([N+](=O)[O-])c1F. The number of carboxylic acids is 1. The molecule has 0 unspecified atom stereocenters. The summed E-state index contributed by atoms with van der Waals surface area (Å²) in [5, 5.41) is 18.8. The Balaban J connectivity index is 3.83. The smallest absolute Gasteiger partial charge is 0.346 e. The summed E-state index contributed by atoms with van der Waals surface area (Å²) in [6.07, 6.45) is 0. The summed E-state index contributed by atoms with van der Waals surface area (Å²) in [5.74, 6) is -7.50. The zero-order chi connectivity index (χ0) is 12.6. The zero-order valence-corrected chi connectivity index (χ0v) is 7.75. The van der Waals surface area contributed by atoms with E-state index in [0.29, 0.717) is 0 Å². The van der Waals surface area contributed by atoms with E-state index in [-0.39, 0.29) is 0 Å². The molecule has 1 aromatic rings. The monoisotopic (exact) mass is 235 g/mol. The lowest BCUT2D eigenvalue weighted by atomic mass is 10.1. The predicted octanol–water partition coefficient (Wildman–Crippen LogP) is 2.02. The lowest BCUT2D eigenvalue weighted by Crippen LogP contribution is -2.12. The number of carbonyl (C=O) groups is 1. The van der Waals surface area contributed by atoms with Crippen LogP contribution in [0.15, 0.2) is 0 Å². The van der Waals surface area contributed by atoms with Crippen molar-refractivity contribution in [1.29, 1.82) is 0 Å². The molecule has 0 heterocycles. The highest BCUT2D eigenvalue weighted by Crippen LogP contribution is 2.30. The number of nitro benzene ring substituents is 1. The first-order valence-corrected chi connectivity index (χ1v) is 3.83. The van der Waals surface area contributed by atoms with Crippen LogP contribution in [-0.2, 0) is 0 Å².